The van der Waals surface area contributed by atoms with E-state index in [0.717, 1.165) is 29.2 Å². The molecule has 3 aromatic rings. The molecular formula is C19H19ClN4O2S. The number of hydrazine groups is 1. The molecule has 2 amide bonds. The van der Waals surface area contributed by atoms with Gasteiger partial charge in [-0.2, -0.15) is 0 Å². The van der Waals surface area contributed by atoms with Crippen molar-refractivity contribution < 1.29 is 9.59 Å². The second kappa shape index (κ2) is 8.92. The number of aryl methyl sites for hydroxylation is 1. The van der Waals surface area contributed by atoms with Crippen molar-refractivity contribution in [3.8, 4) is 0 Å². The molecule has 0 aliphatic rings. The Kier molecular flexibility index (Phi) is 6.36. The van der Waals surface area contributed by atoms with Crippen molar-refractivity contribution in [1.82, 2.24) is 20.4 Å². The van der Waals surface area contributed by atoms with Crippen LogP contribution in [0.3, 0.4) is 0 Å². The van der Waals surface area contributed by atoms with E-state index in [1.54, 1.807) is 24.3 Å². The van der Waals surface area contributed by atoms with Crippen molar-refractivity contribution in [3.05, 3.63) is 59.1 Å². The molecule has 0 radical (unpaired) electrons. The van der Waals surface area contributed by atoms with E-state index in [9.17, 15) is 9.59 Å². The van der Waals surface area contributed by atoms with Crippen molar-refractivity contribution in [1.29, 1.82) is 0 Å². The number of imidazole rings is 1. The predicted molar refractivity (Wildman–Crippen MR) is 108 cm³/mol. The van der Waals surface area contributed by atoms with Gasteiger partial charge in [0.15, 0.2) is 5.16 Å². The van der Waals surface area contributed by atoms with E-state index in [1.165, 1.54) is 11.8 Å². The Morgan fingerprint density at radius 3 is 2.67 bits per heavy atom. The van der Waals surface area contributed by atoms with Gasteiger partial charge in [0.05, 0.1) is 16.8 Å². The predicted octanol–water partition coefficient (Wildman–Crippen LogP) is 3.65. The number of benzene rings is 2. The number of aromatic nitrogens is 2. The molecule has 140 valence electrons. The molecule has 0 fully saturated rings. The number of fused-ring (bicyclic) bond motifs is 1. The number of thioether (sulfide) groups is 1. The lowest BCUT2D eigenvalue weighted by Crippen LogP contribution is -2.42. The van der Waals surface area contributed by atoms with Crippen LogP contribution in [0, 0.1) is 0 Å². The summed E-state index contributed by atoms with van der Waals surface area (Å²) in [4.78, 5) is 28.6. The Balaban J connectivity index is 1.61. The highest BCUT2D eigenvalue weighted by Crippen LogP contribution is 2.26. The topological polar surface area (TPSA) is 76.0 Å². The van der Waals surface area contributed by atoms with Crippen molar-refractivity contribution in [2.45, 2.75) is 25.0 Å². The largest absolute Gasteiger partial charge is 0.319 e. The van der Waals surface area contributed by atoms with Crippen LogP contribution in [0.5, 0.6) is 0 Å². The summed E-state index contributed by atoms with van der Waals surface area (Å²) in [6.45, 7) is 2.88. The first-order valence-electron chi connectivity index (χ1n) is 8.51. The molecule has 27 heavy (non-hydrogen) atoms. The van der Waals surface area contributed by atoms with Gasteiger partial charge in [-0.3, -0.25) is 20.4 Å². The third kappa shape index (κ3) is 4.81. The molecule has 2 N–H and O–H groups in total. The maximum atomic E-state index is 12.1. The van der Waals surface area contributed by atoms with Crippen LogP contribution in [0.1, 0.15) is 23.7 Å². The third-order valence-electron chi connectivity index (χ3n) is 3.81. The van der Waals surface area contributed by atoms with Crippen LogP contribution in [-0.4, -0.2) is 27.1 Å². The van der Waals surface area contributed by atoms with Crippen molar-refractivity contribution in [3.63, 3.8) is 0 Å². The molecule has 2 aromatic carbocycles. The van der Waals surface area contributed by atoms with E-state index in [4.69, 9.17) is 11.6 Å². The molecule has 0 aliphatic heterocycles. The fraction of sp³-hybridized carbons (Fsp3) is 0.211. The number of halogens is 1. The monoisotopic (exact) mass is 402 g/mol. The Morgan fingerprint density at radius 1 is 1.15 bits per heavy atom. The van der Waals surface area contributed by atoms with Crippen LogP contribution < -0.4 is 10.9 Å². The third-order valence-corrected chi connectivity index (χ3v) is 5.02. The summed E-state index contributed by atoms with van der Waals surface area (Å²) in [6.07, 6.45) is 0.945. The maximum Gasteiger partial charge on any atom is 0.269 e. The van der Waals surface area contributed by atoms with E-state index < -0.39 is 0 Å². The first-order chi connectivity index (χ1) is 13.1. The minimum Gasteiger partial charge on any atom is -0.319 e. The van der Waals surface area contributed by atoms with Crippen LogP contribution in [-0.2, 0) is 11.3 Å². The summed E-state index contributed by atoms with van der Waals surface area (Å²) in [5.41, 5.74) is 7.11. The number of hydrogen-bond donors (Lipinski definition) is 2. The molecule has 0 atom stereocenters. The molecular weight excluding hydrogens is 384 g/mol. The van der Waals surface area contributed by atoms with Crippen LogP contribution in [0.25, 0.3) is 11.0 Å². The van der Waals surface area contributed by atoms with Gasteiger partial charge in [0.25, 0.3) is 5.91 Å². The first-order valence-corrected chi connectivity index (χ1v) is 9.87. The molecule has 1 heterocycles. The number of nitrogens with zero attached hydrogens (tertiary/aromatic N) is 2. The number of carbonyl (C=O) groups is 2. The highest BCUT2D eigenvalue weighted by Gasteiger charge is 2.13. The summed E-state index contributed by atoms with van der Waals surface area (Å²) in [5, 5.41) is 1.38. The van der Waals surface area contributed by atoms with Gasteiger partial charge < -0.3 is 4.57 Å². The highest BCUT2D eigenvalue weighted by molar-refractivity contribution is 7.99. The number of nitrogens with one attached hydrogen (secondary N) is 2. The van der Waals surface area contributed by atoms with E-state index in [2.05, 4.69) is 27.3 Å². The lowest BCUT2D eigenvalue weighted by Gasteiger charge is -2.09. The van der Waals surface area contributed by atoms with E-state index in [1.807, 2.05) is 24.3 Å². The van der Waals surface area contributed by atoms with Crippen LogP contribution in [0.2, 0.25) is 5.02 Å². The molecule has 3 rings (SSSR count). The van der Waals surface area contributed by atoms with Gasteiger partial charge in [-0.15, -0.1) is 0 Å². The Morgan fingerprint density at radius 2 is 1.93 bits per heavy atom. The Bertz CT molecular complexity index is 959. The van der Waals surface area contributed by atoms with Crippen molar-refractivity contribution in [2.75, 3.05) is 5.75 Å². The SMILES string of the molecule is CCCn1c(SCC(=O)NNC(=O)c2ccccc2)nc2cc(Cl)ccc21. The normalized spacial score (nSPS) is 10.7. The molecule has 0 spiro atoms. The Hall–Kier alpha value is -2.51. The van der Waals surface area contributed by atoms with Crippen molar-refractivity contribution >= 4 is 46.2 Å². The van der Waals surface area contributed by atoms with E-state index in [0.29, 0.717) is 10.6 Å². The Labute approximate surface area is 166 Å². The zero-order chi connectivity index (χ0) is 19.2. The van der Waals surface area contributed by atoms with E-state index in [-0.39, 0.29) is 17.6 Å². The maximum absolute atomic E-state index is 12.1. The van der Waals surface area contributed by atoms with Gasteiger partial charge >= 0.3 is 0 Å². The van der Waals surface area contributed by atoms with Crippen LogP contribution in [0.15, 0.2) is 53.7 Å². The zero-order valence-corrected chi connectivity index (χ0v) is 16.3. The zero-order valence-electron chi connectivity index (χ0n) is 14.7. The lowest BCUT2D eigenvalue weighted by molar-refractivity contribution is -0.119. The molecule has 6 nitrogen and oxygen atoms in total. The second-order valence-electron chi connectivity index (χ2n) is 5.84. The number of amides is 2. The minimum absolute atomic E-state index is 0.135. The average Bonchev–Trinajstić information content (AvgIpc) is 3.02. The summed E-state index contributed by atoms with van der Waals surface area (Å²) < 4.78 is 2.08. The smallest absolute Gasteiger partial charge is 0.269 e. The summed E-state index contributed by atoms with van der Waals surface area (Å²) in [6, 6.07) is 14.3. The molecule has 1 aromatic heterocycles. The fourth-order valence-corrected chi connectivity index (χ4v) is 3.59. The van der Waals surface area contributed by atoms with Gasteiger partial charge in [-0.1, -0.05) is 48.5 Å². The quantitative estimate of drug-likeness (QED) is 0.487. The second-order valence-corrected chi connectivity index (χ2v) is 7.21. The molecule has 0 saturated carbocycles. The van der Waals surface area contributed by atoms with Gasteiger partial charge in [-0.25, -0.2) is 4.98 Å². The molecule has 0 unspecified atom stereocenters. The summed E-state index contributed by atoms with van der Waals surface area (Å²) in [5.74, 6) is -0.533. The van der Waals surface area contributed by atoms with Gasteiger partial charge in [0.2, 0.25) is 5.91 Å². The molecule has 0 saturated heterocycles. The summed E-state index contributed by atoms with van der Waals surface area (Å²) in [7, 11) is 0. The molecule has 8 heteroatoms. The standard InChI is InChI=1S/C19H19ClN4O2S/c1-2-10-24-16-9-8-14(20)11-15(16)21-19(24)27-12-17(25)22-23-18(26)13-6-4-3-5-7-13/h3-9,11H,2,10,12H2,1H3,(H,22,25)(H,23,26). The highest BCUT2D eigenvalue weighted by atomic mass is 35.5. The molecule has 0 bridgehead atoms. The first kappa shape index (κ1) is 19.3. The van der Waals surface area contributed by atoms with Gasteiger partial charge in [-0.05, 0) is 36.8 Å². The minimum atomic E-state index is -0.359. The fourth-order valence-electron chi connectivity index (χ4n) is 2.59. The van der Waals surface area contributed by atoms with Gasteiger partial charge in [0.1, 0.15) is 0 Å². The summed E-state index contributed by atoms with van der Waals surface area (Å²) >= 11 is 7.37. The van der Waals surface area contributed by atoms with E-state index >= 15 is 0 Å². The van der Waals surface area contributed by atoms with Crippen LogP contribution >= 0.6 is 23.4 Å². The number of carbonyl (C=O) groups excluding carboxylic acids is 2. The molecule has 0 aliphatic carbocycles. The number of hydrogen-bond acceptors (Lipinski definition) is 4. The average molecular weight is 403 g/mol. The lowest BCUT2D eigenvalue weighted by atomic mass is 10.2. The number of rotatable bonds is 6. The van der Waals surface area contributed by atoms with Gasteiger partial charge in [0, 0.05) is 17.1 Å². The van der Waals surface area contributed by atoms with Crippen LogP contribution in [0.4, 0.5) is 0 Å². The van der Waals surface area contributed by atoms with Crippen molar-refractivity contribution in [2.24, 2.45) is 0 Å².